The van der Waals surface area contributed by atoms with Gasteiger partial charge in [-0.25, -0.2) is 0 Å². The minimum atomic E-state index is 0.219. The van der Waals surface area contributed by atoms with Crippen LogP contribution in [0.5, 0.6) is 0 Å². The van der Waals surface area contributed by atoms with Gasteiger partial charge in [-0.1, -0.05) is 50.3 Å². The van der Waals surface area contributed by atoms with E-state index in [1.165, 1.54) is 31.2 Å². The lowest BCUT2D eigenvalue weighted by Crippen LogP contribution is -2.45. The van der Waals surface area contributed by atoms with Crippen LogP contribution in [0.25, 0.3) is 0 Å². The number of nitrogens with zero attached hydrogens (tertiary/aromatic N) is 1. The summed E-state index contributed by atoms with van der Waals surface area (Å²) < 4.78 is 6.59. The second-order valence-corrected chi connectivity index (χ2v) is 7.18. The molecule has 2 heterocycles. The topological polar surface area (TPSA) is 12.5 Å². The maximum atomic E-state index is 6.59. The molecule has 3 rings (SSSR count). The first-order valence-electron chi connectivity index (χ1n) is 8.76. The van der Waals surface area contributed by atoms with Crippen LogP contribution in [0.15, 0.2) is 43.0 Å². The standard InChI is InChI=1S/C20H29NO/c1-4-12-21-17-10-11-18(21)14-19(13-17)22-20(15(2)3)16-8-6-5-7-9-16/h4-9,15,17-20H,1,10-14H2,2-3H3/t17-,18+,19?,20?. The van der Waals surface area contributed by atoms with Gasteiger partial charge in [0, 0.05) is 18.6 Å². The van der Waals surface area contributed by atoms with Crippen LogP contribution in [0.2, 0.25) is 0 Å². The summed E-state index contributed by atoms with van der Waals surface area (Å²) in [5.41, 5.74) is 1.32. The first-order valence-corrected chi connectivity index (χ1v) is 8.76. The average molecular weight is 299 g/mol. The van der Waals surface area contributed by atoms with Crippen LogP contribution in [0.3, 0.4) is 0 Å². The van der Waals surface area contributed by atoms with E-state index in [4.69, 9.17) is 4.74 Å². The summed E-state index contributed by atoms with van der Waals surface area (Å²) in [4.78, 5) is 2.64. The van der Waals surface area contributed by atoms with E-state index in [2.05, 4.69) is 55.7 Å². The maximum Gasteiger partial charge on any atom is 0.0851 e. The molecule has 0 N–H and O–H groups in total. The first-order chi connectivity index (χ1) is 10.7. The highest BCUT2D eigenvalue weighted by molar-refractivity contribution is 5.18. The van der Waals surface area contributed by atoms with Crippen molar-refractivity contribution in [3.8, 4) is 0 Å². The van der Waals surface area contributed by atoms with Gasteiger partial charge >= 0.3 is 0 Å². The molecule has 0 amide bonds. The molecule has 0 radical (unpaired) electrons. The molecule has 1 aromatic rings. The van der Waals surface area contributed by atoms with Crippen LogP contribution in [-0.2, 0) is 4.74 Å². The van der Waals surface area contributed by atoms with E-state index in [-0.39, 0.29) is 6.10 Å². The van der Waals surface area contributed by atoms with Gasteiger partial charge in [0.05, 0.1) is 12.2 Å². The summed E-state index contributed by atoms with van der Waals surface area (Å²) >= 11 is 0. The number of ether oxygens (including phenoxy) is 1. The zero-order chi connectivity index (χ0) is 15.5. The predicted molar refractivity (Wildman–Crippen MR) is 91.8 cm³/mol. The van der Waals surface area contributed by atoms with E-state index in [1.54, 1.807) is 0 Å². The predicted octanol–water partition coefficient (Wildman–Crippen LogP) is 4.58. The monoisotopic (exact) mass is 299 g/mol. The number of hydrogen-bond donors (Lipinski definition) is 0. The van der Waals surface area contributed by atoms with Crippen molar-refractivity contribution in [2.75, 3.05) is 6.54 Å². The maximum absolute atomic E-state index is 6.59. The Morgan fingerprint density at radius 1 is 1.18 bits per heavy atom. The third-order valence-electron chi connectivity index (χ3n) is 5.25. The number of hydrogen-bond acceptors (Lipinski definition) is 2. The fourth-order valence-electron chi connectivity index (χ4n) is 4.25. The molecule has 0 aromatic heterocycles. The van der Waals surface area contributed by atoms with Crippen LogP contribution < -0.4 is 0 Å². The third kappa shape index (κ3) is 3.28. The van der Waals surface area contributed by atoms with Crippen molar-refractivity contribution in [2.24, 2.45) is 5.92 Å². The summed E-state index contributed by atoms with van der Waals surface area (Å²) in [5, 5.41) is 0. The van der Waals surface area contributed by atoms with Crippen molar-refractivity contribution in [2.45, 2.75) is 63.8 Å². The van der Waals surface area contributed by atoms with E-state index < -0.39 is 0 Å². The quantitative estimate of drug-likeness (QED) is 0.713. The molecule has 1 aromatic carbocycles. The molecule has 2 nitrogen and oxygen atoms in total. The molecule has 2 bridgehead atoms. The van der Waals surface area contributed by atoms with Crippen molar-refractivity contribution in [1.29, 1.82) is 0 Å². The Hall–Kier alpha value is -1.12. The zero-order valence-electron chi connectivity index (χ0n) is 13.9. The Bertz CT molecular complexity index is 470. The zero-order valence-corrected chi connectivity index (χ0v) is 13.9. The summed E-state index contributed by atoms with van der Waals surface area (Å²) in [6.07, 6.45) is 7.70. The molecule has 2 aliphatic rings. The Balaban J connectivity index is 1.67. The van der Waals surface area contributed by atoms with Crippen molar-refractivity contribution in [1.82, 2.24) is 4.90 Å². The smallest absolute Gasteiger partial charge is 0.0851 e. The van der Waals surface area contributed by atoms with E-state index in [0.717, 1.165) is 6.54 Å². The largest absolute Gasteiger partial charge is 0.370 e. The van der Waals surface area contributed by atoms with Crippen LogP contribution in [0.1, 0.15) is 51.2 Å². The number of fused-ring (bicyclic) bond motifs is 2. The minimum absolute atomic E-state index is 0.219. The van der Waals surface area contributed by atoms with Crippen LogP contribution in [0, 0.1) is 5.92 Å². The van der Waals surface area contributed by atoms with Crippen molar-refractivity contribution >= 4 is 0 Å². The third-order valence-corrected chi connectivity index (χ3v) is 5.25. The summed E-state index contributed by atoms with van der Waals surface area (Å²) in [7, 11) is 0. The van der Waals surface area contributed by atoms with Crippen molar-refractivity contribution in [3.63, 3.8) is 0 Å². The fourth-order valence-corrected chi connectivity index (χ4v) is 4.25. The Labute approximate surface area is 135 Å². The molecule has 0 aliphatic carbocycles. The first kappa shape index (κ1) is 15.8. The second kappa shape index (κ2) is 6.97. The lowest BCUT2D eigenvalue weighted by atomic mass is 9.96. The molecule has 2 unspecified atom stereocenters. The normalized spacial score (nSPS) is 29.7. The van der Waals surface area contributed by atoms with Crippen molar-refractivity contribution < 1.29 is 4.74 Å². The second-order valence-electron chi connectivity index (χ2n) is 7.18. The molecular formula is C20H29NO. The van der Waals surface area contributed by atoms with Gasteiger partial charge in [-0.15, -0.1) is 6.58 Å². The number of rotatable bonds is 6. The minimum Gasteiger partial charge on any atom is -0.370 e. The molecule has 0 saturated carbocycles. The van der Waals surface area contributed by atoms with E-state index in [0.29, 0.717) is 24.1 Å². The molecular weight excluding hydrogens is 270 g/mol. The number of piperidine rings is 1. The summed E-state index contributed by atoms with van der Waals surface area (Å²) in [6, 6.07) is 12.1. The lowest BCUT2D eigenvalue weighted by molar-refractivity contribution is -0.0770. The number of benzene rings is 1. The Kier molecular flexibility index (Phi) is 5.00. The van der Waals surface area contributed by atoms with Gasteiger partial charge in [-0.05, 0) is 37.2 Å². The van der Waals surface area contributed by atoms with Gasteiger partial charge in [0.15, 0.2) is 0 Å². The average Bonchev–Trinajstić information content (AvgIpc) is 2.76. The van der Waals surface area contributed by atoms with Crippen LogP contribution >= 0.6 is 0 Å². The van der Waals surface area contributed by atoms with Gasteiger partial charge < -0.3 is 4.74 Å². The molecule has 22 heavy (non-hydrogen) atoms. The molecule has 0 spiro atoms. The molecule has 4 atom stereocenters. The molecule has 120 valence electrons. The van der Waals surface area contributed by atoms with Crippen molar-refractivity contribution in [3.05, 3.63) is 48.6 Å². The lowest BCUT2D eigenvalue weighted by Gasteiger charge is -2.40. The van der Waals surface area contributed by atoms with Crippen LogP contribution in [-0.4, -0.2) is 29.6 Å². The van der Waals surface area contributed by atoms with E-state index in [1.807, 2.05) is 6.08 Å². The van der Waals surface area contributed by atoms with Gasteiger partial charge in [0.1, 0.15) is 0 Å². The van der Waals surface area contributed by atoms with Gasteiger partial charge in [0.2, 0.25) is 0 Å². The van der Waals surface area contributed by atoms with Gasteiger partial charge in [-0.2, -0.15) is 0 Å². The molecule has 2 heteroatoms. The molecule has 2 saturated heterocycles. The Morgan fingerprint density at radius 2 is 1.82 bits per heavy atom. The Morgan fingerprint density at radius 3 is 2.36 bits per heavy atom. The van der Waals surface area contributed by atoms with Crippen LogP contribution in [0.4, 0.5) is 0 Å². The highest BCUT2D eigenvalue weighted by Crippen LogP contribution is 2.39. The highest BCUT2D eigenvalue weighted by atomic mass is 16.5. The summed E-state index contributed by atoms with van der Waals surface area (Å²) in [5.74, 6) is 0.506. The summed E-state index contributed by atoms with van der Waals surface area (Å²) in [6.45, 7) is 9.47. The SMILES string of the molecule is C=CCN1[C@@H]2CC[C@H]1CC(OC(c1ccccc1)C(C)C)C2. The van der Waals surface area contributed by atoms with E-state index in [9.17, 15) is 0 Å². The van der Waals surface area contributed by atoms with Gasteiger partial charge in [-0.3, -0.25) is 4.90 Å². The molecule has 2 fully saturated rings. The molecule has 2 aliphatic heterocycles. The highest BCUT2D eigenvalue weighted by Gasteiger charge is 2.41. The van der Waals surface area contributed by atoms with E-state index >= 15 is 0 Å². The van der Waals surface area contributed by atoms with Gasteiger partial charge in [0.25, 0.3) is 0 Å². The fraction of sp³-hybridized carbons (Fsp3) is 0.600.